The van der Waals surface area contributed by atoms with Gasteiger partial charge in [0.15, 0.2) is 0 Å². The summed E-state index contributed by atoms with van der Waals surface area (Å²) < 4.78 is 0. The zero-order valence-electron chi connectivity index (χ0n) is 14.2. The van der Waals surface area contributed by atoms with E-state index in [2.05, 4.69) is 37.9 Å². The second kappa shape index (κ2) is 7.79. The number of nitrogens with one attached hydrogen (secondary N) is 1. The van der Waals surface area contributed by atoms with E-state index in [1.165, 1.54) is 58.0 Å². The van der Waals surface area contributed by atoms with Gasteiger partial charge in [0, 0.05) is 31.2 Å². The highest BCUT2D eigenvalue weighted by Crippen LogP contribution is 2.35. The fraction of sp³-hybridized carbons (Fsp3) is 1.00. The molecule has 2 rings (SSSR count). The lowest BCUT2D eigenvalue weighted by molar-refractivity contribution is 0.0530. The summed E-state index contributed by atoms with van der Waals surface area (Å²) in [6.07, 6.45) is 9.90. The van der Waals surface area contributed by atoms with Crippen molar-refractivity contribution in [1.82, 2.24) is 10.2 Å². The minimum Gasteiger partial charge on any atom is -0.311 e. The maximum absolute atomic E-state index is 3.83. The molecular weight excluding hydrogens is 244 g/mol. The molecule has 0 aromatic carbocycles. The first-order valence-electron chi connectivity index (χ1n) is 9.12. The van der Waals surface area contributed by atoms with Crippen molar-refractivity contribution in [2.75, 3.05) is 13.1 Å². The Hall–Kier alpha value is -0.0800. The number of piperazine rings is 1. The Morgan fingerprint density at radius 3 is 2.45 bits per heavy atom. The molecule has 0 bridgehead atoms. The number of hydrogen-bond donors (Lipinski definition) is 1. The van der Waals surface area contributed by atoms with Gasteiger partial charge in [0.2, 0.25) is 0 Å². The normalized spacial score (nSPS) is 29.9. The van der Waals surface area contributed by atoms with Crippen LogP contribution < -0.4 is 5.32 Å². The summed E-state index contributed by atoms with van der Waals surface area (Å²) in [4.78, 5) is 2.84. The van der Waals surface area contributed by atoms with Crippen molar-refractivity contribution in [1.29, 1.82) is 0 Å². The van der Waals surface area contributed by atoms with Crippen LogP contribution in [0.1, 0.15) is 72.6 Å². The highest BCUT2D eigenvalue weighted by Gasteiger charge is 2.39. The van der Waals surface area contributed by atoms with Crippen molar-refractivity contribution in [3.05, 3.63) is 0 Å². The smallest absolute Gasteiger partial charge is 0.0247 e. The van der Waals surface area contributed by atoms with Crippen LogP contribution in [0.25, 0.3) is 0 Å². The van der Waals surface area contributed by atoms with Crippen LogP contribution in [0.5, 0.6) is 0 Å². The Balaban J connectivity index is 1.84. The fourth-order valence-corrected chi connectivity index (χ4v) is 3.79. The molecule has 0 amide bonds. The third kappa shape index (κ3) is 4.46. The Bertz CT molecular complexity index is 273. The quantitative estimate of drug-likeness (QED) is 0.675. The van der Waals surface area contributed by atoms with Crippen LogP contribution in [0.4, 0.5) is 0 Å². The van der Waals surface area contributed by atoms with Crippen LogP contribution in [0, 0.1) is 11.8 Å². The van der Waals surface area contributed by atoms with Crippen LogP contribution in [-0.2, 0) is 0 Å². The second-order valence-corrected chi connectivity index (χ2v) is 7.56. The van der Waals surface area contributed by atoms with Crippen molar-refractivity contribution >= 4 is 0 Å². The van der Waals surface area contributed by atoms with Gasteiger partial charge in [0.25, 0.3) is 0 Å². The predicted molar refractivity (Wildman–Crippen MR) is 88.1 cm³/mol. The lowest BCUT2D eigenvalue weighted by atomic mass is 9.94. The van der Waals surface area contributed by atoms with Crippen LogP contribution in [0.3, 0.4) is 0 Å². The standard InChI is InChI=1S/C18H36N2/c1-5-6-7-8-9-15(4)20-13-17(16-10-11-16)19-12-18(20)14(2)3/h14-19H,5-13H2,1-4H3. The topological polar surface area (TPSA) is 15.3 Å². The second-order valence-electron chi connectivity index (χ2n) is 7.56. The average Bonchev–Trinajstić information content (AvgIpc) is 3.27. The largest absolute Gasteiger partial charge is 0.311 e. The summed E-state index contributed by atoms with van der Waals surface area (Å²) in [6.45, 7) is 12.0. The summed E-state index contributed by atoms with van der Waals surface area (Å²) in [5.74, 6) is 1.75. The minimum absolute atomic E-state index is 0.742. The summed E-state index contributed by atoms with van der Waals surface area (Å²) in [5, 5.41) is 3.83. The molecule has 0 spiro atoms. The zero-order valence-corrected chi connectivity index (χ0v) is 14.2. The number of unbranched alkanes of at least 4 members (excludes halogenated alkanes) is 3. The summed E-state index contributed by atoms with van der Waals surface area (Å²) in [7, 11) is 0. The number of nitrogens with zero attached hydrogens (tertiary/aromatic N) is 1. The highest BCUT2D eigenvalue weighted by atomic mass is 15.3. The van der Waals surface area contributed by atoms with E-state index in [4.69, 9.17) is 0 Å². The maximum Gasteiger partial charge on any atom is 0.0247 e. The van der Waals surface area contributed by atoms with E-state index in [1.807, 2.05) is 0 Å². The molecule has 1 N–H and O–H groups in total. The molecular formula is C18H36N2. The molecule has 0 radical (unpaired) electrons. The first kappa shape index (κ1) is 16.3. The molecule has 20 heavy (non-hydrogen) atoms. The third-order valence-electron chi connectivity index (χ3n) is 5.42. The molecule has 2 heteroatoms. The SMILES string of the molecule is CCCCCCC(C)N1CC(C2CC2)NCC1C(C)C. The Morgan fingerprint density at radius 2 is 1.85 bits per heavy atom. The Kier molecular flexibility index (Phi) is 6.35. The van der Waals surface area contributed by atoms with Crippen molar-refractivity contribution < 1.29 is 0 Å². The molecule has 1 saturated carbocycles. The van der Waals surface area contributed by atoms with E-state index in [-0.39, 0.29) is 0 Å². The molecule has 1 saturated heterocycles. The highest BCUT2D eigenvalue weighted by molar-refractivity contribution is 4.96. The van der Waals surface area contributed by atoms with Crippen LogP contribution >= 0.6 is 0 Å². The average molecular weight is 280 g/mol. The first-order valence-corrected chi connectivity index (χ1v) is 9.12. The van der Waals surface area contributed by atoms with E-state index in [1.54, 1.807) is 0 Å². The van der Waals surface area contributed by atoms with Crippen LogP contribution in [0.2, 0.25) is 0 Å². The van der Waals surface area contributed by atoms with E-state index in [0.717, 1.165) is 30.0 Å². The van der Waals surface area contributed by atoms with Crippen molar-refractivity contribution in [2.24, 2.45) is 11.8 Å². The summed E-state index contributed by atoms with van der Waals surface area (Å²) >= 11 is 0. The zero-order chi connectivity index (χ0) is 14.5. The molecule has 118 valence electrons. The molecule has 1 aliphatic heterocycles. The van der Waals surface area contributed by atoms with Gasteiger partial charge in [-0.1, -0.05) is 46.5 Å². The van der Waals surface area contributed by atoms with E-state index in [0.29, 0.717) is 0 Å². The third-order valence-corrected chi connectivity index (χ3v) is 5.42. The van der Waals surface area contributed by atoms with Gasteiger partial charge in [-0.25, -0.2) is 0 Å². The van der Waals surface area contributed by atoms with E-state index >= 15 is 0 Å². The van der Waals surface area contributed by atoms with Gasteiger partial charge in [-0.15, -0.1) is 0 Å². The van der Waals surface area contributed by atoms with Gasteiger partial charge in [-0.05, 0) is 38.0 Å². The van der Waals surface area contributed by atoms with Crippen molar-refractivity contribution in [3.63, 3.8) is 0 Å². The van der Waals surface area contributed by atoms with Gasteiger partial charge in [0.05, 0.1) is 0 Å². The van der Waals surface area contributed by atoms with Crippen molar-refractivity contribution in [2.45, 2.75) is 90.8 Å². The lowest BCUT2D eigenvalue weighted by Gasteiger charge is -2.46. The monoisotopic (exact) mass is 280 g/mol. The molecule has 0 aromatic rings. The molecule has 3 atom stereocenters. The van der Waals surface area contributed by atoms with E-state index in [9.17, 15) is 0 Å². The Labute approximate surface area is 126 Å². The van der Waals surface area contributed by atoms with Gasteiger partial charge in [-0.3, -0.25) is 4.90 Å². The molecule has 2 nitrogen and oxygen atoms in total. The molecule has 2 fully saturated rings. The molecule has 1 heterocycles. The molecule has 2 aliphatic rings. The van der Waals surface area contributed by atoms with Gasteiger partial charge < -0.3 is 5.32 Å². The van der Waals surface area contributed by atoms with Gasteiger partial charge >= 0.3 is 0 Å². The summed E-state index contributed by atoms with van der Waals surface area (Å²) in [5.41, 5.74) is 0. The van der Waals surface area contributed by atoms with Gasteiger partial charge in [-0.2, -0.15) is 0 Å². The minimum atomic E-state index is 0.742. The van der Waals surface area contributed by atoms with Crippen LogP contribution in [-0.4, -0.2) is 36.1 Å². The first-order chi connectivity index (χ1) is 9.63. The molecule has 3 unspecified atom stereocenters. The van der Waals surface area contributed by atoms with Gasteiger partial charge in [0.1, 0.15) is 0 Å². The van der Waals surface area contributed by atoms with E-state index < -0.39 is 0 Å². The lowest BCUT2D eigenvalue weighted by Crippen LogP contribution is -2.61. The predicted octanol–water partition coefficient (Wildman–Crippen LogP) is 4.05. The summed E-state index contributed by atoms with van der Waals surface area (Å²) in [6, 6.07) is 2.29. The molecule has 1 aliphatic carbocycles. The molecule has 0 aromatic heterocycles. The van der Waals surface area contributed by atoms with Crippen LogP contribution in [0.15, 0.2) is 0 Å². The van der Waals surface area contributed by atoms with Crippen molar-refractivity contribution in [3.8, 4) is 0 Å². The maximum atomic E-state index is 3.83. The number of rotatable bonds is 8. The Morgan fingerprint density at radius 1 is 1.10 bits per heavy atom. The fourth-order valence-electron chi connectivity index (χ4n) is 3.79. The number of hydrogen-bond acceptors (Lipinski definition) is 2.